The van der Waals surface area contributed by atoms with Crippen molar-refractivity contribution in [1.82, 2.24) is 5.32 Å². The standard InChI is InChI=1S/C22H24N2O4/c1-12(20(23)25)21(26)24-11-13-10-22(13)18-8-14(27-2)4-6-16(18)17-7-5-15(28-3)9-19(17)22/h4-9,12-13H,10-11H2,1-3H3,(H2,23,25)(H,24,26). The molecule has 2 aliphatic rings. The van der Waals surface area contributed by atoms with Crippen LogP contribution in [0.25, 0.3) is 11.1 Å². The van der Waals surface area contributed by atoms with Gasteiger partial charge in [-0.1, -0.05) is 12.1 Å². The number of benzene rings is 2. The minimum absolute atomic E-state index is 0.170. The predicted octanol–water partition coefficient (Wildman–Crippen LogP) is 2.23. The first-order valence-electron chi connectivity index (χ1n) is 9.36. The number of methoxy groups -OCH3 is 2. The van der Waals surface area contributed by atoms with E-state index in [2.05, 4.69) is 29.6 Å². The van der Waals surface area contributed by atoms with Gasteiger partial charge in [0.05, 0.1) is 14.2 Å². The molecule has 2 unspecified atom stereocenters. The number of nitrogens with two attached hydrogens (primary N) is 1. The van der Waals surface area contributed by atoms with Crippen LogP contribution < -0.4 is 20.5 Å². The van der Waals surface area contributed by atoms with E-state index in [0.717, 1.165) is 17.9 Å². The van der Waals surface area contributed by atoms with Gasteiger partial charge in [0, 0.05) is 12.0 Å². The van der Waals surface area contributed by atoms with Crippen molar-refractivity contribution in [1.29, 1.82) is 0 Å². The normalized spacial score (nSPS) is 18.8. The summed E-state index contributed by atoms with van der Waals surface area (Å²) in [5, 5.41) is 2.89. The van der Waals surface area contributed by atoms with Crippen LogP contribution in [0, 0.1) is 11.8 Å². The van der Waals surface area contributed by atoms with E-state index in [1.165, 1.54) is 29.2 Å². The molecule has 2 amide bonds. The SMILES string of the molecule is COc1ccc2c(c1)C1(CC1CNC(=O)C(C)C(N)=O)c1cc(OC)ccc1-2. The van der Waals surface area contributed by atoms with Gasteiger partial charge in [-0.25, -0.2) is 0 Å². The molecule has 0 heterocycles. The average molecular weight is 380 g/mol. The maximum absolute atomic E-state index is 12.2. The van der Waals surface area contributed by atoms with Crippen LogP contribution in [-0.4, -0.2) is 32.6 Å². The molecule has 0 radical (unpaired) electrons. The largest absolute Gasteiger partial charge is 0.497 e. The van der Waals surface area contributed by atoms with Crippen LogP contribution in [-0.2, 0) is 15.0 Å². The second-order valence-electron chi connectivity index (χ2n) is 7.56. The van der Waals surface area contributed by atoms with Crippen LogP contribution in [0.1, 0.15) is 24.5 Å². The highest BCUT2D eigenvalue weighted by Gasteiger charge is 2.61. The number of primary amides is 1. The molecule has 1 saturated carbocycles. The highest BCUT2D eigenvalue weighted by molar-refractivity contribution is 5.99. The Morgan fingerprint density at radius 1 is 1.11 bits per heavy atom. The van der Waals surface area contributed by atoms with Gasteiger partial charge in [-0.05, 0) is 65.8 Å². The first-order valence-corrected chi connectivity index (χ1v) is 9.36. The number of fused-ring (bicyclic) bond motifs is 5. The molecular weight excluding hydrogens is 356 g/mol. The van der Waals surface area contributed by atoms with Gasteiger partial charge < -0.3 is 20.5 Å². The van der Waals surface area contributed by atoms with Crippen molar-refractivity contribution >= 4 is 11.8 Å². The Hall–Kier alpha value is -3.02. The lowest BCUT2D eigenvalue weighted by atomic mass is 9.90. The molecule has 3 N–H and O–H groups in total. The van der Waals surface area contributed by atoms with Gasteiger partial charge in [0.2, 0.25) is 11.8 Å². The molecule has 0 aromatic heterocycles. The molecule has 6 heteroatoms. The minimum Gasteiger partial charge on any atom is -0.497 e. The molecule has 0 bridgehead atoms. The molecule has 146 valence electrons. The van der Waals surface area contributed by atoms with Gasteiger partial charge in [-0.15, -0.1) is 0 Å². The zero-order valence-corrected chi connectivity index (χ0v) is 16.2. The molecular formula is C22H24N2O4. The zero-order chi connectivity index (χ0) is 20.1. The topological polar surface area (TPSA) is 90.6 Å². The van der Waals surface area contributed by atoms with Crippen molar-refractivity contribution in [2.75, 3.05) is 20.8 Å². The Balaban J connectivity index is 1.68. The third kappa shape index (κ3) is 2.63. The predicted molar refractivity (Wildman–Crippen MR) is 105 cm³/mol. The molecule has 2 atom stereocenters. The molecule has 6 nitrogen and oxygen atoms in total. The average Bonchev–Trinajstić information content (AvgIpc) is 3.38. The number of hydrogen-bond acceptors (Lipinski definition) is 4. The number of carbonyl (C=O) groups is 2. The summed E-state index contributed by atoms with van der Waals surface area (Å²) in [5.74, 6) is 0.0805. The van der Waals surface area contributed by atoms with Gasteiger partial charge in [-0.2, -0.15) is 0 Å². The summed E-state index contributed by atoms with van der Waals surface area (Å²) in [6.07, 6.45) is 0.915. The second-order valence-corrected chi connectivity index (χ2v) is 7.56. The molecule has 0 aliphatic heterocycles. The highest BCUT2D eigenvalue weighted by Crippen LogP contribution is 2.66. The number of amides is 2. The molecule has 2 aromatic rings. The lowest BCUT2D eigenvalue weighted by molar-refractivity contribution is -0.132. The Bertz CT molecular complexity index is 916. The van der Waals surface area contributed by atoms with Crippen LogP contribution in [0.5, 0.6) is 11.5 Å². The van der Waals surface area contributed by atoms with Crippen molar-refractivity contribution in [3.63, 3.8) is 0 Å². The first-order chi connectivity index (χ1) is 13.4. The van der Waals surface area contributed by atoms with Crippen molar-refractivity contribution in [2.24, 2.45) is 17.6 Å². The van der Waals surface area contributed by atoms with E-state index in [1.54, 1.807) is 14.2 Å². The third-order valence-electron chi connectivity index (χ3n) is 6.15. The Labute approximate surface area is 164 Å². The summed E-state index contributed by atoms with van der Waals surface area (Å²) < 4.78 is 10.9. The van der Waals surface area contributed by atoms with Crippen molar-refractivity contribution in [2.45, 2.75) is 18.8 Å². The van der Waals surface area contributed by atoms with Crippen molar-refractivity contribution in [3.05, 3.63) is 47.5 Å². The molecule has 28 heavy (non-hydrogen) atoms. The maximum atomic E-state index is 12.2. The number of hydrogen-bond donors (Lipinski definition) is 2. The summed E-state index contributed by atoms with van der Waals surface area (Å²) >= 11 is 0. The van der Waals surface area contributed by atoms with E-state index in [9.17, 15) is 9.59 Å². The zero-order valence-electron chi connectivity index (χ0n) is 16.2. The number of ether oxygens (including phenoxy) is 2. The number of carbonyl (C=O) groups excluding carboxylic acids is 2. The van der Waals surface area contributed by atoms with Crippen molar-refractivity contribution in [3.8, 4) is 22.6 Å². The smallest absolute Gasteiger partial charge is 0.232 e. The Morgan fingerprint density at radius 2 is 1.64 bits per heavy atom. The Morgan fingerprint density at radius 3 is 2.11 bits per heavy atom. The summed E-state index contributed by atoms with van der Waals surface area (Å²) in [4.78, 5) is 23.4. The van der Waals surface area contributed by atoms with Crippen LogP contribution in [0.3, 0.4) is 0 Å². The summed E-state index contributed by atoms with van der Waals surface area (Å²) in [7, 11) is 3.32. The van der Waals surface area contributed by atoms with Crippen LogP contribution in [0.2, 0.25) is 0 Å². The van der Waals surface area contributed by atoms with E-state index in [-0.39, 0.29) is 17.2 Å². The lowest BCUT2D eigenvalue weighted by Crippen LogP contribution is -2.38. The van der Waals surface area contributed by atoms with Gasteiger partial charge in [0.15, 0.2) is 0 Å². The minimum atomic E-state index is -0.835. The van der Waals surface area contributed by atoms with E-state index < -0.39 is 11.8 Å². The second kappa shape index (κ2) is 6.55. The van der Waals surface area contributed by atoms with E-state index in [0.29, 0.717) is 6.54 Å². The number of nitrogens with one attached hydrogen (secondary N) is 1. The first kappa shape index (κ1) is 18.3. The molecule has 1 fully saturated rings. The summed E-state index contributed by atoms with van der Waals surface area (Å²) in [6, 6.07) is 12.3. The van der Waals surface area contributed by atoms with E-state index in [4.69, 9.17) is 15.2 Å². The Kier molecular flexibility index (Phi) is 4.29. The fraction of sp³-hybridized carbons (Fsp3) is 0.364. The van der Waals surface area contributed by atoms with E-state index in [1.807, 2.05) is 12.1 Å². The van der Waals surface area contributed by atoms with Gasteiger partial charge in [0.1, 0.15) is 17.4 Å². The fourth-order valence-corrected chi connectivity index (χ4v) is 4.40. The highest BCUT2D eigenvalue weighted by atomic mass is 16.5. The molecule has 0 saturated heterocycles. The van der Waals surface area contributed by atoms with Gasteiger partial charge >= 0.3 is 0 Å². The quantitative estimate of drug-likeness (QED) is 0.752. The summed E-state index contributed by atoms with van der Waals surface area (Å²) in [6.45, 7) is 2.01. The summed E-state index contributed by atoms with van der Waals surface area (Å²) in [5.41, 5.74) is 9.89. The van der Waals surface area contributed by atoms with Crippen LogP contribution in [0.4, 0.5) is 0 Å². The number of rotatable bonds is 6. The fourth-order valence-electron chi connectivity index (χ4n) is 4.40. The van der Waals surface area contributed by atoms with Gasteiger partial charge in [-0.3, -0.25) is 9.59 Å². The van der Waals surface area contributed by atoms with E-state index >= 15 is 0 Å². The maximum Gasteiger partial charge on any atom is 0.232 e. The lowest BCUT2D eigenvalue weighted by Gasteiger charge is -2.16. The molecule has 1 spiro atoms. The third-order valence-corrected chi connectivity index (χ3v) is 6.15. The van der Waals surface area contributed by atoms with Crippen molar-refractivity contribution < 1.29 is 19.1 Å². The molecule has 2 aliphatic carbocycles. The molecule has 2 aromatic carbocycles. The van der Waals surface area contributed by atoms with Gasteiger partial charge in [0.25, 0.3) is 0 Å². The molecule has 4 rings (SSSR count). The van der Waals surface area contributed by atoms with Crippen LogP contribution >= 0.6 is 0 Å². The van der Waals surface area contributed by atoms with Crippen LogP contribution in [0.15, 0.2) is 36.4 Å². The monoisotopic (exact) mass is 380 g/mol.